The van der Waals surface area contributed by atoms with E-state index in [0.717, 1.165) is 5.69 Å². The molecule has 0 saturated carbocycles. The van der Waals surface area contributed by atoms with E-state index < -0.39 is 11.9 Å². The molecule has 0 bridgehead atoms. The quantitative estimate of drug-likeness (QED) is 0.699. The zero-order valence-electron chi connectivity index (χ0n) is 9.47. The number of nitrogens with zero attached hydrogens (tertiary/aromatic N) is 1. The van der Waals surface area contributed by atoms with Gasteiger partial charge in [0.1, 0.15) is 0 Å². The molecule has 1 unspecified atom stereocenters. The van der Waals surface area contributed by atoms with Gasteiger partial charge in [-0.3, -0.25) is 4.79 Å². The highest BCUT2D eigenvalue weighted by Crippen LogP contribution is 2.00. The van der Waals surface area contributed by atoms with Gasteiger partial charge >= 0.3 is 12.0 Å². The number of rotatable bonds is 6. The smallest absolute Gasteiger partial charge is 0.314 e. The highest BCUT2D eigenvalue weighted by molar-refractivity contribution is 7.07. The van der Waals surface area contributed by atoms with Crippen LogP contribution in [0.15, 0.2) is 10.9 Å². The van der Waals surface area contributed by atoms with Crippen LogP contribution in [0.5, 0.6) is 0 Å². The molecule has 0 aliphatic carbocycles. The molecule has 0 aliphatic heterocycles. The lowest BCUT2D eigenvalue weighted by Gasteiger charge is -2.09. The number of carboxylic acid groups (broad SMARTS) is 1. The molecule has 0 radical (unpaired) electrons. The van der Waals surface area contributed by atoms with Crippen molar-refractivity contribution < 1.29 is 14.7 Å². The van der Waals surface area contributed by atoms with Crippen LogP contribution in [0, 0.1) is 5.92 Å². The average Bonchev–Trinajstić information content (AvgIpc) is 2.78. The second-order valence-electron chi connectivity index (χ2n) is 3.61. The topological polar surface area (TPSA) is 91.3 Å². The molecule has 2 amide bonds. The lowest BCUT2D eigenvalue weighted by Crippen LogP contribution is -2.40. The summed E-state index contributed by atoms with van der Waals surface area (Å²) in [5.41, 5.74) is 2.68. The van der Waals surface area contributed by atoms with Crippen molar-refractivity contribution in [3.63, 3.8) is 0 Å². The van der Waals surface area contributed by atoms with Gasteiger partial charge in [-0.1, -0.05) is 6.92 Å². The first kappa shape index (κ1) is 13.4. The molecule has 1 rings (SSSR count). The molecule has 1 aromatic rings. The number of nitrogens with one attached hydrogen (secondary N) is 2. The third-order valence-corrected chi connectivity index (χ3v) is 2.78. The number of carbonyl (C=O) groups is 2. The fraction of sp³-hybridized carbons (Fsp3) is 0.500. The van der Waals surface area contributed by atoms with Crippen molar-refractivity contribution in [2.45, 2.75) is 13.3 Å². The Morgan fingerprint density at radius 1 is 1.53 bits per heavy atom. The maximum atomic E-state index is 11.3. The van der Waals surface area contributed by atoms with Gasteiger partial charge in [0, 0.05) is 24.9 Å². The molecule has 94 valence electrons. The standard InChI is InChI=1S/C10H15N3O3S/c1-7(9(14)15)4-12-10(16)11-3-2-8-5-17-6-13-8/h5-7H,2-4H2,1H3,(H,14,15)(H2,11,12,16). The van der Waals surface area contributed by atoms with Crippen LogP contribution in [0.1, 0.15) is 12.6 Å². The van der Waals surface area contributed by atoms with Crippen LogP contribution < -0.4 is 10.6 Å². The summed E-state index contributed by atoms with van der Waals surface area (Å²) in [5, 5.41) is 15.7. The van der Waals surface area contributed by atoms with Crippen LogP contribution in [0.3, 0.4) is 0 Å². The van der Waals surface area contributed by atoms with E-state index >= 15 is 0 Å². The maximum absolute atomic E-state index is 11.3. The molecular formula is C10H15N3O3S. The highest BCUT2D eigenvalue weighted by Gasteiger charge is 2.11. The Hall–Kier alpha value is -1.63. The normalized spacial score (nSPS) is 11.8. The van der Waals surface area contributed by atoms with Gasteiger partial charge in [0.15, 0.2) is 0 Å². The van der Waals surface area contributed by atoms with Gasteiger partial charge in [-0.25, -0.2) is 9.78 Å². The van der Waals surface area contributed by atoms with Crippen LogP contribution in [-0.2, 0) is 11.2 Å². The van der Waals surface area contributed by atoms with Crippen molar-refractivity contribution in [3.8, 4) is 0 Å². The summed E-state index contributed by atoms with van der Waals surface area (Å²) in [5.74, 6) is -1.51. The summed E-state index contributed by atoms with van der Waals surface area (Å²) >= 11 is 1.51. The van der Waals surface area contributed by atoms with Crippen LogP contribution >= 0.6 is 11.3 Å². The number of carbonyl (C=O) groups excluding carboxylic acids is 1. The lowest BCUT2D eigenvalue weighted by molar-refractivity contribution is -0.140. The van der Waals surface area contributed by atoms with Crippen molar-refractivity contribution in [1.82, 2.24) is 15.6 Å². The average molecular weight is 257 g/mol. The second kappa shape index (κ2) is 6.85. The van der Waals surface area contributed by atoms with Crippen LogP contribution in [0.2, 0.25) is 0 Å². The SMILES string of the molecule is CC(CNC(=O)NCCc1cscn1)C(=O)O. The molecule has 0 spiro atoms. The molecule has 7 heteroatoms. The maximum Gasteiger partial charge on any atom is 0.314 e. The van der Waals surface area contributed by atoms with Crippen molar-refractivity contribution in [3.05, 3.63) is 16.6 Å². The van der Waals surface area contributed by atoms with E-state index in [1.807, 2.05) is 5.38 Å². The van der Waals surface area contributed by atoms with Gasteiger partial charge in [-0.15, -0.1) is 11.3 Å². The third-order valence-electron chi connectivity index (χ3n) is 2.14. The molecule has 0 saturated heterocycles. The van der Waals surface area contributed by atoms with E-state index in [-0.39, 0.29) is 12.6 Å². The molecule has 1 aromatic heterocycles. The minimum Gasteiger partial charge on any atom is -0.481 e. The van der Waals surface area contributed by atoms with Gasteiger partial charge in [0.25, 0.3) is 0 Å². The van der Waals surface area contributed by atoms with Gasteiger partial charge in [-0.2, -0.15) is 0 Å². The summed E-state index contributed by atoms with van der Waals surface area (Å²) in [6, 6.07) is -0.353. The molecule has 0 fully saturated rings. The van der Waals surface area contributed by atoms with Gasteiger partial charge in [0.2, 0.25) is 0 Å². The van der Waals surface area contributed by atoms with Gasteiger partial charge in [0.05, 0.1) is 17.1 Å². The first-order valence-electron chi connectivity index (χ1n) is 5.21. The van der Waals surface area contributed by atoms with E-state index in [0.29, 0.717) is 13.0 Å². The molecule has 6 nitrogen and oxygen atoms in total. The Morgan fingerprint density at radius 3 is 2.88 bits per heavy atom. The Bertz CT molecular complexity index is 367. The second-order valence-corrected chi connectivity index (χ2v) is 4.32. The summed E-state index contributed by atoms with van der Waals surface area (Å²) in [7, 11) is 0. The first-order chi connectivity index (χ1) is 8.09. The number of carboxylic acids is 1. The van der Waals surface area contributed by atoms with Crippen molar-refractivity contribution in [2.24, 2.45) is 5.92 Å². The summed E-state index contributed by atoms with van der Waals surface area (Å²) in [4.78, 5) is 25.8. The van der Waals surface area contributed by atoms with Crippen molar-refractivity contribution in [2.75, 3.05) is 13.1 Å². The number of aromatic nitrogens is 1. The van der Waals surface area contributed by atoms with Crippen molar-refractivity contribution >= 4 is 23.3 Å². The largest absolute Gasteiger partial charge is 0.481 e. The molecule has 0 aromatic carbocycles. The summed E-state index contributed by atoms with van der Waals surface area (Å²) < 4.78 is 0. The predicted octanol–water partition coefficient (Wildman–Crippen LogP) is 0.705. The molecular weight excluding hydrogens is 242 g/mol. The minimum atomic E-state index is -0.923. The van der Waals surface area contributed by atoms with Gasteiger partial charge < -0.3 is 15.7 Å². The lowest BCUT2D eigenvalue weighted by atomic mass is 10.2. The van der Waals surface area contributed by atoms with E-state index in [9.17, 15) is 9.59 Å². The van der Waals surface area contributed by atoms with Crippen LogP contribution in [0.25, 0.3) is 0 Å². The zero-order chi connectivity index (χ0) is 12.7. The Labute approximate surface area is 103 Å². The molecule has 1 heterocycles. The summed E-state index contributed by atoms with van der Waals surface area (Å²) in [6.45, 7) is 2.15. The summed E-state index contributed by atoms with van der Waals surface area (Å²) in [6.07, 6.45) is 0.672. The van der Waals surface area contributed by atoms with Crippen molar-refractivity contribution in [1.29, 1.82) is 0 Å². The number of hydrogen-bond acceptors (Lipinski definition) is 4. The third kappa shape index (κ3) is 5.30. The van der Waals surface area contributed by atoms with E-state index in [1.165, 1.54) is 18.3 Å². The first-order valence-corrected chi connectivity index (χ1v) is 6.15. The van der Waals surface area contributed by atoms with Gasteiger partial charge in [-0.05, 0) is 0 Å². The number of amides is 2. The van der Waals surface area contributed by atoms with E-state index in [4.69, 9.17) is 5.11 Å². The molecule has 3 N–H and O–H groups in total. The molecule has 17 heavy (non-hydrogen) atoms. The zero-order valence-corrected chi connectivity index (χ0v) is 10.3. The highest BCUT2D eigenvalue weighted by atomic mass is 32.1. The number of aliphatic carboxylic acids is 1. The van der Waals surface area contributed by atoms with Crippen LogP contribution in [-0.4, -0.2) is 35.2 Å². The van der Waals surface area contributed by atoms with Crippen LogP contribution in [0.4, 0.5) is 4.79 Å². The monoisotopic (exact) mass is 257 g/mol. The number of hydrogen-bond donors (Lipinski definition) is 3. The Morgan fingerprint density at radius 2 is 2.29 bits per heavy atom. The predicted molar refractivity (Wildman–Crippen MR) is 64.0 cm³/mol. The van der Waals surface area contributed by atoms with E-state index in [2.05, 4.69) is 15.6 Å². The number of urea groups is 1. The number of thiazole rings is 1. The molecule has 0 aliphatic rings. The Balaban J connectivity index is 2.11. The molecule has 1 atom stereocenters. The fourth-order valence-electron chi connectivity index (χ4n) is 1.06. The minimum absolute atomic E-state index is 0.123. The fourth-order valence-corrected chi connectivity index (χ4v) is 1.65. The Kier molecular flexibility index (Phi) is 5.41. The van der Waals surface area contributed by atoms with E-state index in [1.54, 1.807) is 5.51 Å².